The summed E-state index contributed by atoms with van der Waals surface area (Å²) in [5.74, 6) is -0.0732. The molecule has 0 bridgehead atoms. The van der Waals surface area contributed by atoms with Gasteiger partial charge in [-0.3, -0.25) is 0 Å². The molecule has 2 nitrogen and oxygen atoms in total. The molecule has 2 aromatic heterocycles. The lowest BCUT2D eigenvalue weighted by Crippen LogP contribution is -2.42. The molecule has 186 valence electrons. The number of aryl methyl sites for hydroxylation is 2. The highest BCUT2D eigenvalue weighted by Crippen LogP contribution is 2.40. The summed E-state index contributed by atoms with van der Waals surface area (Å²) < 4.78 is 24.2. The van der Waals surface area contributed by atoms with E-state index < -0.39 is 8.07 Å². The molecule has 0 aliphatic rings. The molecule has 0 unspecified atom stereocenters. The van der Waals surface area contributed by atoms with Crippen molar-refractivity contribution in [1.82, 2.24) is 0 Å². The van der Waals surface area contributed by atoms with Gasteiger partial charge in [-0.2, -0.15) is 4.57 Å². The van der Waals surface area contributed by atoms with Gasteiger partial charge in [0, 0.05) is 22.9 Å². The first kappa shape index (κ1) is 24.7. The third-order valence-corrected chi connectivity index (χ3v) is 9.44. The van der Waals surface area contributed by atoms with Crippen molar-refractivity contribution in [3.8, 4) is 11.3 Å². The molecular formula is C32H37FNOSi+. The number of hydrogen-bond acceptors (Lipinski definition) is 1. The molecule has 0 saturated carbocycles. The minimum Gasteiger partial charge on any atom is -0.455 e. The Morgan fingerprint density at radius 1 is 0.917 bits per heavy atom. The largest absolute Gasteiger partial charge is 0.455 e. The lowest BCUT2D eigenvalue weighted by Gasteiger charge is -2.22. The molecular weight excluding hydrogens is 461 g/mol. The average molecular weight is 499 g/mol. The summed E-state index contributed by atoms with van der Waals surface area (Å²) in [5.41, 5.74) is 8.83. The number of halogens is 1. The highest BCUT2D eigenvalue weighted by molar-refractivity contribution is 6.88. The summed E-state index contributed by atoms with van der Waals surface area (Å²) in [5, 5.41) is 4.16. The molecule has 4 heteroatoms. The molecule has 2 heterocycles. The summed E-state index contributed by atoms with van der Waals surface area (Å²) in [6.07, 6.45) is 0.858. The summed E-state index contributed by atoms with van der Waals surface area (Å²) in [6.45, 7) is 17.7. The van der Waals surface area contributed by atoms with Crippen LogP contribution in [0, 0.1) is 25.1 Å². The molecule has 0 spiro atoms. The van der Waals surface area contributed by atoms with Crippen LogP contribution < -0.4 is 9.75 Å². The molecule has 0 atom stereocenters. The van der Waals surface area contributed by atoms with Crippen LogP contribution in [0.3, 0.4) is 0 Å². The van der Waals surface area contributed by atoms with Gasteiger partial charge in [0.05, 0.1) is 19.0 Å². The van der Waals surface area contributed by atoms with E-state index >= 15 is 4.39 Å². The van der Waals surface area contributed by atoms with Crippen LogP contribution in [0.5, 0.6) is 0 Å². The quantitative estimate of drug-likeness (QED) is 0.181. The topological polar surface area (TPSA) is 17.0 Å². The summed E-state index contributed by atoms with van der Waals surface area (Å²) in [4.78, 5) is 0. The van der Waals surface area contributed by atoms with Crippen LogP contribution in [0.25, 0.3) is 44.1 Å². The zero-order valence-electron chi connectivity index (χ0n) is 23.1. The molecule has 0 N–H and O–H groups in total. The maximum atomic E-state index is 15.4. The third kappa shape index (κ3) is 4.06. The van der Waals surface area contributed by atoms with Gasteiger partial charge in [-0.25, -0.2) is 4.39 Å². The van der Waals surface area contributed by atoms with Crippen LogP contribution in [0.15, 0.2) is 52.9 Å². The van der Waals surface area contributed by atoms with Crippen molar-refractivity contribution < 1.29 is 13.4 Å². The van der Waals surface area contributed by atoms with Crippen molar-refractivity contribution in [3.05, 3.63) is 71.0 Å². The van der Waals surface area contributed by atoms with E-state index in [1.165, 1.54) is 16.7 Å². The first-order chi connectivity index (χ1) is 16.8. The van der Waals surface area contributed by atoms with Crippen LogP contribution in [0.2, 0.25) is 19.6 Å². The summed E-state index contributed by atoms with van der Waals surface area (Å²) in [6, 6.07) is 16.7. The number of nitrogens with zero attached hydrogens (tertiary/aromatic N) is 1. The predicted molar refractivity (Wildman–Crippen MR) is 153 cm³/mol. The van der Waals surface area contributed by atoms with Gasteiger partial charge in [0.2, 0.25) is 11.2 Å². The van der Waals surface area contributed by atoms with Crippen molar-refractivity contribution in [2.45, 2.75) is 60.7 Å². The second kappa shape index (κ2) is 8.27. The Hall–Kier alpha value is -2.98. The second-order valence-electron chi connectivity index (χ2n) is 12.6. The van der Waals surface area contributed by atoms with Crippen molar-refractivity contribution >= 4 is 46.1 Å². The Labute approximate surface area is 214 Å². The van der Waals surface area contributed by atoms with Crippen LogP contribution in [0.1, 0.15) is 37.5 Å². The number of rotatable bonds is 3. The fraction of sp³-hybridized carbons (Fsp3) is 0.344. The number of pyridine rings is 1. The molecule has 3 aromatic carbocycles. The molecule has 5 rings (SSSR count). The number of para-hydroxylation sites is 1. The lowest BCUT2D eigenvalue weighted by molar-refractivity contribution is -0.633. The molecule has 0 amide bonds. The summed E-state index contributed by atoms with van der Waals surface area (Å²) >= 11 is 0. The molecule has 0 aliphatic heterocycles. The highest BCUT2D eigenvalue weighted by Gasteiger charge is 2.29. The van der Waals surface area contributed by atoms with Crippen LogP contribution >= 0.6 is 0 Å². The van der Waals surface area contributed by atoms with Gasteiger partial charge in [0.1, 0.15) is 24.0 Å². The molecule has 0 radical (unpaired) electrons. The van der Waals surface area contributed by atoms with Crippen LogP contribution in [0.4, 0.5) is 4.39 Å². The molecule has 0 aliphatic carbocycles. The van der Waals surface area contributed by atoms with Crippen molar-refractivity contribution in [2.24, 2.45) is 12.5 Å². The number of aromatic nitrogens is 1. The predicted octanol–water partition coefficient (Wildman–Crippen LogP) is 8.12. The maximum absolute atomic E-state index is 15.4. The number of hydrogen-bond donors (Lipinski definition) is 0. The van der Waals surface area contributed by atoms with E-state index in [-0.39, 0.29) is 11.2 Å². The van der Waals surface area contributed by atoms with Crippen molar-refractivity contribution in [1.29, 1.82) is 0 Å². The first-order valence-electron chi connectivity index (χ1n) is 12.8. The monoisotopic (exact) mass is 498 g/mol. The molecule has 0 fully saturated rings. The minimum absolute atomic E-state index is 0.0639. The van der Waals surface area contributed by atoms with Crippen molar-refractivity contribution in [3.63, 3.8) is 0 Å². The van der Waals surface area contributed by atoms with Crippen LogP contribution in [-0.2, 0) is 13.5 Å². The van der Waals surface area contributed by atoms with Gasteiger partial charge < -0.3 is 4.42 Å². The van der Waals surface area contributed by atoms with Gasteiger partial charge in [-0.15, -0.1) is 0 Å². The Morgan fingerprint density at radius 3 is 2.28 bits per heavy atom. The fourth-order valence-electron chi connectivity index (χ4n) is 5.49. The smallest absolute Gasteiger partial charge is 0.217 e. The maximum Gasteiger partial charge on any atom is 0.217 e. The third-order valence-electron chi connectivity index (χ3n) is 7.44. The zero-order chi connectivity index (χ0) is 26.2. The first-order valence-corrected chi connectivity index (χ1v) is 16.3. The van der Waals surface area contributed by atoms with Crippen molar-refractivity contribution in [2.75, 3.05) is 0 Å². The Kier molecular flexibility index (Phi) is 5.68. The average Bonchev–Trinajstić information content (AvgIpc) is 3.13. The van der Waals surface area contributed by atoms with Crippen LogP contribution in [-0.4, -0.2) is 8.07 Å². The Morgan fingerprint density at radius 2 is 1.61 bits per heavy atom. The van der Waals surface area contributed by atoms with Gasteiger partial charge >= 0.3 is 0 Å². The number of fused-ring (bicyclic) bond motifs is 4. The van der Waals surface area contributed by atoms with E-state index in [9.17, 15) is 0 Å². The number of furan rings is 1. The van der Waals surface area contributed by atoms with E-state index in [0.29, 0.717) is 0 Å². The Balaban J connectivity index is 1.94. The summed E-state index contributed by atoms with van der Waals surface area (Å²) in [7, 11) is 0.240. The molecule has 36 heavy (non-hydrogen) atoms. The van der Waals surface area contributed by atoms with E-state index in [2.05, 4.69) is 96.2 Å². The SMILES string of the molecule is Cc1cc2c(oc3ccccc32)c(-c2cc(CC(C)(C)C)c3cc(F)c([Si](C)(C)C)cc3[n+]2C)c1C. The molecule has 0 saturated heterocycles. The fourth-order valence-corrected chi connectivity index (χ4v) is 6.85. The zero-order valence-corrected chi connectivity index (χ0v) is 24.1. The highest BCUT2D eigenvalue weighted by atomic mass is 28.3. The van der Waals surface area contributed by atoms with E-state index in [4.69, 9.17) is 4.42 Å². The Bertz CT molecular complexity index is 1660. The number of benzene rings is 3. The second-order valence-corrected chi connectivity index (χ2v) is 17.7. The minimum atomic E-state index is -1.87. The molecule has 5 aromatic rings. The standard InChI is InChI=1S/C32H37FNOSi/c1-19-14-24-22-12-10-11-13-28(22)35-31(24)30(20(19)2)27-15-21(18-32(3,4)5)23-16-25(33)29(36(7,8)9)17-26(23)34(27)6/h10-17H,18H2,1-9H3/q+1. The van der Waals surface area contributed by atoms with E-state index in [1.54, 1.807) is 6.07 Å². The normalized spacial score (nSPS) is 12.8. The van der Waals surface area contributed by atoms with Gasteiger partial charge in [0.15, 0.2) is 0 Å². The van der Waals surface area contributed by atoms with E-state index in [1.807, 2.05) is 12.1 Å². The van der Waals surface area contributed by atoms with E-state index in [0.717, 1.165) is 55.7 Å². The van der Waals surface area contributed by atoms with Gasteiger partial charge in [0.25, 0.3) is 0 Å². The lowest BCUT2D eigenvalue weighted by atomic mass is 9.85. The van der Waals surface area contributed by atoms with Gasteiger partial charge in [-0.05, 0) is 65.8 Å². The van der Waals surface area contributed by atoms with Gasteiger partial charge in [-0.1, -0.05) is 58.6 Å².